The molecule has 16 heavy (non-hydrogen) atoms. The molecule has 0 aliphatic carbocycles. The highest BCUT2D eigenvalue weighted by atomic mass is 16.3. The van der Waals surface area contributed by atoms with Crippen molar-refractivity contribution in [1.29, 1.82) is 0 Å². The summed E-state index contributed by atoms with van der Waals surface area (Å²) >= 11 is 0. The maximum absolute atomic E-state index is 11.9. The molecule has 1 aromatic carbocycles. The van der Waals surface area contributed by atoms with Crippen molar-refractivity contribution in [3.05, 3.63) is 23.8 Å². The normalized spacial score (nSPS) is 12.2. The minimum atomic E-state index is -0.563. The predicted molar refractivity (Wildman–Crippen MR) is 63.9 cm³/mol. The van der Waals surface area contributed by atoms with E-state index in [1.807, 2.05) is 0 Å². The molecule has 0 spiro atoms. The first kappa shape index (κ1) is 12.3. The van der Waals surface area contributed by atoms with Gasteiger partial charge in [-0.05, 0) is 25.1 Å². The van der Waals surface area contributed by atoms with Crippen molar-refractivity contribution >= 4 is 17.3 Å². The number of carbonyl (C=O) groups is 1. The lowest BCUT2D eigenvalue weighted by molar-refractivity contribution is 0.0704. The molecule has 0 heterocycles. The van der Waals surface area contributed by atoms with Crippen molar-refractivity contribution in [2.45, 2.75) is 13.0 Å². The van der Waals surface area contributed by atoms with E-state index in [0.29, 0.717) is 16.9 Å². The molecule has 1 atom stereocenters. The van der Waals surface area contributed by atoms with E-state index in [2.05, 4.69) is 0 Å². The largest absolute Gasteiger partial charge is 0.399 e. The molecule has 0 radical (unpaired) electrons. The average Bonchev–Trinajstić information content (AvgIpc) is 2.13. The number of nitrogens with two attached hydrogens (primary N) is 2. The number of amides is 1. The van der Waals surface area contributed by atoms with Crippen LogP contribution in [0.4, 0.5) is 11.4 Å². The van der Waals surface area contributed by atoms with Crippen LogP contribution in [0.2, 0.25) is 0 Å². The highest BCUT2D eigenvalue weighted by molar-refractivity contribution is 5.96. The third kappa shape index (κ3) is 3.13. The Balaban J connectivity index is 2.87. The van der Waals surface area contributed by atoms with E-state index in [0.717, 1.165) is 0 Å². The molecule has 0 saturated carbocycles. The summed E-state index contributed by atoms with van der Waals surface area (Å²) in [5.41, 5.74) is 12.5. The van der Waals surface area contributed by atoms with Crippen LogP contribution in [0.5, 0.6) is 0 Å². The summed E-state index contributed by atoms with van der Waals surface area (Å²) in [6, 6.07) is 4.72. The summed E-state index contributed by atoms with van der Waals surface area (Å²) in [5.74, 6) is -0.208. The van der Waals surface area contributed by atoms with Crippen LogP contribution in [0.15, 0.2) is 18.2 Å². The van der Waals surface area contributed by atoms with Gasteiger partial charge in [0.2, 0.25) is 0 Å². The summed E-state index contributed by atoms with van der Waals surface area (Å²) in [6.07, 6.45) is -0.563. The Bertz CT molecular complexity index is 371. The average molecular weight is 223 g/mol. The minimum Gasteiger partial charge on any atom is -0.399 e. The Morgan fingerprint density at radius 1 is 1.38 bits per heavy atom. The second-order valence-electron chi connectivity index (χ2n) is 3.92. The number of carbonyl (C=O) groups excluding carboxylic acids is 1. The van der Waals surface area contributed by atoms with Crippen molar-refractivity contribution < 1.29 is 9.90 Å². The second-order valence-corrected chi connectivity index (χ2v) is 3.92. The fourth-order valence-corrected chi connectivity index (χ4v) is 1.50. The number of hydrogen-bond acceptors (Lipinski definition) is 4. The van der Waals surface area contributed by atoms with E-state index in [4.69, 9.17) is 11.5 Å². The molecule has 5 heteroatoms. The lowest BCUT2D eigenvalue weighted by Gasteiger charge is -2.19. The van der Waals surface area contributed by atoms with Crippen molar-refractivity contribution in [3.8, 4) is 0 Å². The van der Waals surface area contributed by atoms with E-state index in [1.54, 1.807) is 32.2 Å². The van der Waals surface area contributed by atoms with Crippen LogP contribution in [0.25, 0.3) is 0 Å². The number of aliphatic hydroxyl groups is 1. The summed E-state index contributed by atoms with van der Waals surface area (Å²) in [5, 5.41) is 9.18. The molecule has 1 amide bonds. The van der Waals surface area contributed by atoms with Crippen molar-refractivity contribution in [2.24, 2.45) is 0 Å². The van der Waals surface area contributed by atoms with Gasteiger partial charge in [0, 0.05) is 30.5 Å². The van der Waals surface area contributed by atoms with Gasteiger partial charge in [0.25, 0.3) is 5.91 Å². The maximum Gasteiger partial charge on any atom is 0.253 e. The molecular weight excluding hydrogens is 206 g/mol. The van der Waals surface area contributed by atoms with Gasteiger partial charge in [-0.15, -0.1) is 0 Å². The van der Waals surface area contributed by atoms with Crippen LogP contribution in [0.1, 0.15) is 17.3 Å². The summed E-state index contributed by atoms with van der Waals surface area (Å²) in [4.78, 5) is 13.3. The highest BCUT2D eigenvalue weighted by Gasteiger charge is 2.14. The van der Waals surface area contributed by atoms with Crippen molar-refractivity contribution in [1.82, 2.24) is 4.90 Å². The second kappa shape index (κ2) is 4.85. The van der Waals surface area contributed by atoms with Crippen LogP contribution in [0.3, 0.4) is 0 Å². The third-order valence-electron chi connectivity index (χ3n) is 2.11. The molecule has 0 bridgehead atoms. The number of likely N-dealkylation sites (N-methyl/N-ethyl adjacent to an activating group) is 1. The van der Waals surface area contributed by atoms with Crippen LogP contribution in [-0.2, 0) is 0 Å². The van der Waals surface area contributed by atoms with E-state index in [9.17, 15) is 9.90 Å². The molecule has 0 aliphatic heterocycles. The lowest BCUT2D eigenvalue weighted by atomic mass is 10.1. The Morgan fingerprint density at radius 3 is 2.31 bits per heavy atom. The maximum atomic E-state index is 11.9. The van der Waals surface area contributed by atoms with Gasteiger partial charge >= 0.3 is 0 Å². The molecule has 0 aliphatic rings. The van der Waals surface area contributed by atoms with Crippen LogP contribution < -0.4 is 11.5 Å². The fraction of sp³-hybridized carbons (Fsp3) is 0.364. The van der Waals surface area contributed by atoms with E-state index in [1.165, 1.54) is 4.90 Å². The molecule has 1 unspecified atom stereocenters. The first-order chi connectivity index (χ1) is 7.40. The number of aliphatic hydroxyl groups excluding tert-OH is 1. The Hall–Kier alpha value is -1.75. The highest BCUT2D eigenvalue weighted by Crippen LogP contribution is 2.15. The summed E-state index contributed by atoms with van der Waals surface area (Å²) < 4.78 is 0. The van der Waals surface area contributed by atoms with Crippen LogP contribution in [-0.4, -0.2) is 35.6 Å². The zero-order valence-electron chi connectivity index (χ0n) is 9.47. The van der Waals surface area contributed by atoms with Crippen molar-refractivity contribution in [2.75, 3.05) is 25.1 Å². The molecule has 5 N–H and O–H groups in total. The number of hydrogen-bond donors (Lipinski definition) is 3. The SMILES string of the molecule is CC(O)CN(C)C(=O)c1cc(N)cc(N)c1. The molecular formula is C11H17N3O2. The molecule has 5 nitrogen and oxygen atoms in total. The van der Waals surface area contributed by atoms with Gasteiger partial charge in [-0.2, -0.15) is 0 Å². The third-order valence-corrected chi connectivity index (χ3v) is 2.11. The molecule has 0 fully saturated rings. The van der Waals surface area contributed by atoms with Gasteiger partial charge in [0.15, 0.2) is 0 Å². The van der Waals surface area contributed by atoms with E-state index >= 15 is 0 Å². The Morgan fingerprint density at radius 2 is 1.88 bits per heavy atom. The molecule has 0 aromatic heterocycles. The molecule has 0 saturated heterocycles. The quantitative estimate of drug-likeness (QED) is 0.643. The van der Waals surface area contributed by atoms with Gasteiger partial charge in [0.05, 0.1) is 6.10 Å². The van der Waals surface area contributed by atoms with Crippen LogP contribution in [0, 0.1) is 0 Å². The standard InChI is InChI=1S/C11H17N3O2/c1-7(15)6-14(2)11(16)8-3-9(12)5-10(13)4-8/h3-5,7,15H,6,12-13H2,1-2H3. The zero-order valence-corrected chi connectivity index (χ0v) is 9.47. The monoisotopic (exact) mass is 223 g/mol. The molecule has 1 rings (SSSR count). The van der Waals surface area contributed by atoms with E-state index < -0.39 is 6.10 Å². The predicted octanol–water partition coefficient (Wildman–Crippen LogP) is 0.304. The van der Waals surface area contributed by atoms with Gasteiger partial charge in [-0.1, -0.05) is 0 Å². The number of benzene rings is 1. The lowest BCUT2D eigenvalue weighted by Crippen LogP contribution is -2.33. The van der Waals surface area contributed by atoms with Gasteiger partial charge in [-0.3, -0.25) is 4.79 Å². The molecule has 88 valence electrons. The summed E-state index contributed by atoms with van der Waals surface area (Å²) in [7, 11) is 1.62. The fourth-order valence-electron chi connectivity index (χ4n) is 1.50. The first-order valence-corrected chi connectivity index (χ1v) is 4.99. The first-order valence-electron chi connectivity index (χ1n) is 4.99. The Labute approximate surface area is 94.7 Å². The number of nitrogen functional groups attached to an aromatic ring is 2. The van der Waals surface area contributed by atoms with Crippen LogP contribution >= 0.6 is 0 Å². The number of anilines is 2. The van der Waals surface area contributed by atoms with Gasteiger partial charge < -0.3 is 21.5 Å². The number of rotatable bonds is 3. The van der Waals surface area contributed by atoms with Crippen molar-refractivity contribution in [3.63, 3.8) is 0 Å². The summed E-state index contributed by atoms with van der Waals surface area (Å²) in [6.45, 7) is 1.89. The minimum absolute atomic E-state index is 0.208. The van der Waals surface area contributed by atoms with E-state index in [-0.39, 0.29) is 12.5 Å². The number of nitrogens with zero attached hydrogens (tertiary/aromatic N) is 1. The van der Waals surface area contributed by atoms with Gasteiger partial charge in [-0.25, -0.2) is 0 Å². The Kier molecular flexibility index (Phi) is 3.73. The molecule has 1 aromatic rings. The zero-order chi connectivity index (χ0) is 12.3. The van der Waals surface area contributed by atoms with Gasteiger partial charge in [0.1, 0.15) is 0 Å². The topological polar surface area (TPSA) is 92.6 Å². The smallest absolute Gasteiger partial charge is 0.253 e.